The van der Waals surface area contributed by atoms with Crippen LogP contribution in [0.3, 0.4) is 0 Å². The highest BCUT2D eigenvalue weighted by Crippen LogP contribution is 2.28. The normalized spacial score (nSPS) is 11.5. The summed E-state index contributed by atoms with van der Waals surface area (Å²) in [7, 11) is 1.75. The number of methoxy groups -OCH3 is 1. The molecule has 2 heterocycles. The first-order valence-electron chi connectivity index (χ1n) is 8.92. The second-order valence-corrected chi connectivity index (χ2v) is 6.23. The summed E-state index contributed by atoms with van der Waals surface area (Å²) in [5, 5.41) is 1.22. The second-order valence-electron chi connectivity index (χ2n) is 6.23. The molecule has 0 atom stereocenters. The topological polar surface area (TPSA) is 38.5 Å². The van der Waals surface area contributed by atoms with Gasteiger partial charge in [-0.1, -0.05) is 31.2 Å². The van der Waals surface area contributed by atoms with E-state index in [0.29, 0.717) is 0 Å². The summed E-state index contributed by atoms with van der Waals surface area (Å²) in [6, 6.07) is 14.4. The number of aromatic nitrogens is 1. The molecule has 1 aromatic carbocycles. The van der Waals surface area contributed by atoms with Crippen LogP contribution in [0, 0.1) is 0 Å². The minimum Gasteiger partial charge on any atom is -0.461 e. The minimum absolute atomic E-state index is 0.769. The molecule has 0 unspecified atom stereocenters. The van der Waals surface area contributed by atoms with E-state index in [0.717, 1.165) is 56.1 Å². The zero-order valence-electron chi connectivity index (χ0n) is 15.1. The summed E-state index contributed by atoms with van der Waals surface area (Å²) in [5.41, 5.74) is 3.36. The van der Waals surface area contributed by atoms with Gasteiger partial charge < -0.3 is 9.15 Å². The summed E-state index contributed by atoms with van der Waals surface area (Å²) in [4.78, 5) is 6.91. The third-order valence-electron chi connectivity index (χ3n) is 4.42. The first-order valence-corrected chi connectivity index (χ1v) is 8.92. The number of ether oxygens (including phenoxy) is 1. The maximum absolute atomic E-state index is 6.06. The number of pyridine rings is 1. The molecule has 0 aliphatic carbocycles. The van der Waals surface area contributed by atoms with Gasteiger partial charge in [-0.15, -0.1) is 0 Å². The van der Waals surface area contributed by atoms with E-state index >= 15 is 0 Å². The molecule has 3 aromatic rings. The molecule has 0 N–H and O–H groups in total. The van der Waals surface area contributed by atoms with E-state index in [9.17, 15) is 0 Å². The number of hydrogen-bond donors (Lipinski definition) is 0. The predicted molar refractivity (Wildman–Crippen MR) is 100 cm³/mol. The van der Waals surface area contributed by atoms with Crippen molar-refractivity contribution in [3.05, 3.63) is 65.7 Å². The monoisotopic (exact) mass is 338 g/mol. The molecule has 0 spiro atoms. The van der Waals surface area contributed by atoms with Crippen LogP contribution in [0.2, 0.25) is 0 Å². The molecule has 4 heteroatoms. The Hall–Kier alpha value is -2.17. The number of furan rings is 1. The summed E-state index contributed by atoms with van der Waals surface area (Å²) >= 11 is 0. The van der Waals surface area contributed by atoms with Crippen molar-refractivity contribution in [2.75, 3.05) is 20.3 Å². The lowest BCUT2D eigenvalue weighted by Crippen LogP contribution is -2.25. The molecule has 0 radical (unpaired) electrons. The van der Waals surface area contributed by atoms with Gasteiger partial charge in [-0.05, 0) is 24.6 Å². The van der Waals surface area contributed by atoms with Crippen molar-refractivity contribution in [3.63, 3.8) is 0 Å². The Balaban J connectivity index is 1.83. The van der Waals surface area contributed by atoms with Crippen molar-refractivity contribution < 1.29 is 9.15 Å². The van der Waals surface area contributed by atoms with Crippen molar-refractivity contribution in [2.24, 2.45) is 0 Å². The van der Waals surface area contributed by atoms with Gasteiger partial charge in [0.05, 0.1) is 5.69 Å². The van der Waals surface area contributed by atoms with Gasteiger partial charge >= 0.3 is 0 Å². The fourth-order valence-corrected chi connectivity index (χ4v) is 3.20. The molecule has 0 bridgehead atoms. The average Bonchev–Trinajstić information content (AvgIpc) is 3.00. The quantitative estimate of drug-likeness (QED) is 0.541. The van der Waals surface area contributed by atoms with Gasteiger partial charge in [-0.25, -0.2) is 0 Å². The smallest absolute Gasteiger partial charge is 0.134 e. The zero-order chi connectivity index (χ0) is 17.5. The Morgan fingerprint density at radius 1 is 1.08 bits per heavy atom. The van der Waals surface area contributed by atoms with Crippen LogP contribution in [0.5, 0.6) is 0 Å². The van der Waals surface area contributed by atoms with E-state index in [-0.39, 0.29) is 0 Å². The molecule has 4 nitrogen and oxygen atoms in total. The Morgan fingerprint density at radius 3 is 2.68 bits per heavy atom. The summed E-state index contributed by atoms with van der Waals surface area (Å²) in [6.07, 6.45) is 3.76. The first-order chi connectivity index (χ1) is 12.3. The molecule has 0 fully saturated rings. The van der Waals surface area contributed by atoms with Crippen molar-refractivity contribution in [1.82, 2.24) is 9.88 Å². The molecular weight excluding hydrogens is 312 g/mol. The van der Waals surface area contributed by atoms with Crippen molar-refractivity contribution in [2.45, 2.75) is 32.9 Å². The van der Waals surface area contributed by atoms with Gasteiger partial charge in [0.2, 0.25) is 0 Å². The average molecular weight is 338 g/mol. The number of para-hydroxylation sites is 1. The Kier molecular flexibility index (Phi) is 6.20. The van der Waals surface area contributed by atoms with Gasteiger partial charge in [0.15, 0.2) is 0 Å². The number of nitrogens with zero attached hydrogens (tertiary/aromatic N) is 2. The zero-order valence-corrected chi connectivity index (χ0v) is 15.1. The molecule has 25 heavy (non-hydrogen) atoms. The number of benzene rings is 1. The van der Waals surface area contributed by atoms with E-state index in [4.69, 9.17) is 9.15 Å². The molecule has 132 valence electrons. The second kappa shape index (κ2) is 8.79. The Labute approximate surface area is 149 Å². The molecule has 3 rings (SSSR count). The lowest BCUT2D eigenvalue weighted by molar-refractivity contribution is 0.166. The predicted octanol–water partition coefficient (Wildman–Crippen LogP) is 4.43. The maximum Gasteiger partial charge on any atom is 0.134 e. The first kappa shape index (κ1) is 17.6. The van der Waals surface area contributed by atoms with Crippen LogP contribution in [-0.2, 0) is 24.2 Å². The number of hydrogen-bond acceptors (Lipinski definition) is 4. The van der Waals surface area contributed by atoms with E-state index in [2.05, 4.69) is 35.0 Å². The molecule has 0 amide bonds. The molecule has 0 saturated heterocycles. The Bertz CT molecular complexity index is 783. The van der Waals surface area contributed by atoms with Crippen LogP contribution in [0.15, 0.2) is 53.1 Å². The molecule has 0 aliphatic rings. The SMILES string of the molecule is CCc1oc2ccccc2c1CN(CCCOC)Cc1ccccn1. The van der Waals surface area contributed by atoms with Crippen molar-refractivity contribution in [1.29, 1.82) is 0 Å². The lowest BCUT2D eigenvalue weighted by Gasteiger charge is -2.22. The molecule has 2 aromatic heterocycles. The highest BCUT2D eigenvalue weighted by atomic mass is 16.5. The van der Waals surface area contributed by atoms with Gasteiger partial charge in [-0.3, -0.25) is 9.88 Å². The molecule has 0 saturated carbocycles. The summed E-state index contributed by atoms with van der Waals surface area (Å²) < 4.78 is 11.3. The summed E-state index contributed by atoms with van der Waals surface area (Å²) in [6.45, 7) is 5.57. The highest BCUT2D eigenvalue weighted by Gasteiger charge is 2.16. The van der Waals surface area contributed by atoms with E-state index in [1.807, 2.05) is 30.5 Å². The molecule has 0 aliphatic heterocycles. The maximum atomic E-state index is 6.06. The third-order valence-corrected chi connectivity index (χ3v) is 4.42. The van der Waals surface area contributed by atoms with Gasteiger partial charge in [0, 0.05) is 56.9 Å². The largest absolute Gasteiger partial charge is 0.461 e. The number of fused-ring (bicyclic) bond motifs is 1. The minimum atomic E-state index is 0.769. The van der Waals surface area contributed by atoms with Crippen LogP contribution >= 0.6 is 0 Å². The van der Waals surface area contributed by atoms with Crippen LogP contribution in [0.25, 0.3) is 11.0 Å². The van der Waals surface area contributed by atoms with Crippen molar-refractivity contribution >= 4 is 11.0 Å². The Morgan fingerprint density at radius 2 is 1.92 bits per heavy atom. The number of aryl methyl sites for hydroxylation is 1. The van der Waals surface area contributed by atoms with E-state index in [1.54, 1.807) is 7.11 Å². The fourth-order valence-electron chi connectivity index (χ4n) is 3.20. The van der Waals surface area contributed by atoms with Gasteiger partial charge in [0.1, 0.15) is 11.3 Å². The summed E-state index contributed by atoms with van der Waals surface area (Å²) in [5.74, 6) is 1.08. The standard InChI is InChI=1S/C21H26N2O2/c1-3-20-19(18-10-4-5-11-21(18)25-20)16-23(13-8-14-24-2)15-17-9-6-7-12-22-17/h4-7,9-12H,3,8,13-16H2,1-2H3. The van der Waals surface area contributed by atoms with Gasteiger partial charge in [-0.2, -0.15) is 0 Å². The van der Waals surface area contributed by atoms with E-state index < -0.39 is 0 Å². The van der Waals surface area contributed by atoms with Crippen LogP contribution < -0.4 is 0 Å². The number of rotatable bonds is 9. The fraction of sp³-hybridized carbons (Fsp3) is 0.381. The van der Waals surface area contributed by atoms with Gasteiger partial charge in [0.25, 0.3) is 0 Å². The van der Waals surface area contributed by atoms with Crippen LogP contribution in [0.1, 0.15) is 30.4 Å². The third kappa shape index (κ3) is 4.47. The van der Waals surface area contributed by atoms with E-state index in [1.165, 1.54) is 10.9 Å². The van der Waals surface area contributed by atoms with Crippen LogP contribution in [0.4, 0.5) is 0 Å². The van der Waals surface area contributed by atoms with Crippen molar-refractivity contribution in [3.8, 4) is 0 Å². The molecular formula is C21H26N2O2. The highest BCUT2D eigenvalue weighted by molar-refractivity contribution is 5.82. The lowest BCUT2D eigenvalue weighted by atomic mass is 10.1. The van der Waals surface area contributed by atoms with Crippen LogP contribution in [-0.4, -0.2) is 30.1 Å².